The first kappa shape index (κ1) is 24.8. The summed E-state index contributed by atoms with van der Waals surface area (Å²) < 4.78 is 7.67. The standard InChI is InChI=1S/C28H34N8O2/c1-28(18-37)17-31-26-21(14-29)12-20(13-22(26)28)23-4-6-30-27(33-23)34-24-15-32-36(7-5-19-2-3-19)25(24)16-35-8-10-38-11-9-35/h4,6,12-13,15,19,31,37H,2-3,5,7-11,16-18H2,1H3,(H,30,33,34)/t28-/m0/s1. The number of anilines is 3. The van der Waals surface area contributed by atoms with E-state index in [4.69, 9.17) is 14.8 Å². The zero-order chi connectivity index (χ0) is 26.1. The van der Waals surface area contributed by atoms with Crippen molar-refractivity contribution < 1.29 is 9.84 Å². The first-order valence-electron chi connectivity index (χ1n) is 13.4. The summed E-state index contributed by atoms with van der Waals surface area (Å²) in [5, 5.41) is 31.3. The number of rotatable bonds is 9. The Kier molecular flexibility index (Phi) is 6.74. The molecule has 1 saturated carbocycles. The van der Waals surface area contributed by atoms with Crippen LogP contribution >= 0.6 is 0 Å². The maximum atomic E-state index is 10.0. The Bertz CT molecular complexity index is 1360. The van der Waals surface area contributed by atoms with Crippen molar-refractivity contribution in [3.8, 4) is 17.3 Å². The van der Waals surface area contributed by atoms with Crippen LogP contribution in [0.5, 0.6) is 0 Å². The van der Waals surface area contributed by atoms with Gasteiger partial charge in [0.2, 0.25) is 5.95 Å². The lowest BCUT2D eigenvalue weighted by Gasteiger charge is -2.27. The molecule has 2 aromatic heterocycles. The summed E-state index contributed by atoms with van der Waals surface area (Å²) in [6, 6.07) is 8.02. The van der Waals surface area contributed by atoms with Gasteiger partial charge in [-0.3, -0.25) is 9.58 Å². The largest absolute Gasteiger partial charge is 0.395 e. The van der Waals surface area contributed by atoms with Gasteiger partial charge in [0.05, 0.1) is 54.3 Å². The number of nitrogens with one attached hydrogen (secondary N) is 2. The van der Waals surface area contributed by atoms with Crippen LogP contribution in [0, 0.1) is 17.2 Å². The minimum atomic E-state index is -0.450. The van der Waals surface area contributed by atoms with Crippen LogP contribution in [0.2, 0.25) is 0 Å². The lowest BCUT2D eigenvalue weighted by molar-refractivity contribution is 0.0331. The van der Waals surface area contributed by atoms with Gasteiger partial charge in [0.25, 0.3) is 0 Å². The van der Waals surface area contributed by atoms with Crippen LogP contribution in [0.15, 0.2) is 30.6 Å². The quantitative estimate of drug-likeness (QED) is 0.395. The van der Waals surface area contributed by atoms with E-state index in [2.05, 4.69) is 31.3 Å². The highest BCUT2D eigenvalue weighted by atomic mass is 16.5. The molecule has 10 nitrogen and oxygen atoms in total. The van der Waals surface area contributed by atoms with Crippen LogP contribution in [0.3, 0.4) is 0 Å². The predicted molar refractivity (Wildman–Crippen MR) is 144 cm³/mol. The number of aromatic nitrogens is 4. The number of fused-ring (bicyclic) bond motifs is 1. The molecule has 3 aromatic rings. The van der Waals surface area contributed by atoms with E-state index in [1.807, 2.05) is 31.3 Å². The molecular weight excluding hydrogens is 480 g/mol. The molecule has 0 unspecified atom stereocenters. The third kappa shape index (κ3) is 4.97. The molecule has 2 aliphatic heterocycles. The number of hydrogen-bond donors (Lipinski definition) is 3. The average Bonchev–Trinajstić information content (AvgIpc) is 3.63. The van der Waals surface area contributed by atoms with Gasteiger partial charge >= 0.3 is 0 Å². The van der Waals surface area contributed by atoms with Crippen molar-refractivity contribution in [1.82, 2.24) is 24.6 Å². The van der Waals surface area contributed by atoms with Crippen LogP contribution in [0.4, 0.5) is 17.3 Å². The maximum Gasteiger partial charge on any atom is 0.227 e. The van der Waals surface area contributed by atoms with Crippen molar-refractivity contribution in [2.75, 3.05) is 50.1 Å². The summed E-state index contributed by atoms with van der Waals surface area (Å²) in [6.07, 6.45) is 7.42. The number of hydrogen-bond acceptors (Lipinski definition) is 9. The van der Waals surface area contributed by atoms with E-state index < -0.39 is 5.41 Å². The number of nitriles is 1. The fraction of sp³-hybridized carbons (Fsp3) is 0.500. The van der Waals surface area contributed by atoms with E-state index in [1.165, 1.54) is 12.8 Å². The van der Waals surface area contributed by atoms with Crippen LogP contribution < -0.4 is 10.6 Å². The van der Waals surface area contributed by atoms with Crippen molar-refractivity contribution in [1.29, 1.82) is 5.26 Å². The molecular formula is C28H34N8O2. The Morgan fingerprint density at radius 2 is 2.13 bits per heavy atom. The van der Waals surface area contributed by atoms with Gasteiger partial charge in [-0.25, -0.2) is 9.97 Å². The summed E-state index contributed by atoms with van der Waals surface area (Å²) in [6.45, 7) is 7.59. The van der Waals surface area contributed by atoms with Gasteiger partial charge in [-0.2, -0.15) is 10.4 Å². The predicted octanol–water partition coefficient (Wildman–Crippen LogP) is 3.26. The Morgan fingerprint density at radius 1 is 1.29 bits per heavy atom. The highest BCUT2D eigenvalue weighted by Crippen LogP contribution is 2.41. The number of nitrogens with zero attached hydrogens (tertiary/aromatic N) is 6. The molecule has 2 fully saturated rings. The van der Waals surface area contributed by atoms with Gasteiger partial charge in [0.15, 0.2) is 0 Å². The molecule has 38 heavy (non-hydrogen) atoms. The minimum absolute atomic E-state index is 0.00540. The minimum Gasteiger partial charge on any atom is -0.395 e. The van der Waals surface area contributed by atoms with Crippen LogP contribution in [0.25, 0.3) is 11.3 Å². The summed E-state index contributed by atoms with van der Waals surface area (Å²) in [5.41, 5.74) is 5.41. The number of benzene rings is 1. The van der Waals surface area contributed by atoms with Crippen molar-refractivity contribution in [3.63, 3.8) is 0 Å². The van der Waals surface area contributed by atoms with E-state index in [1.54, 1.807) is 6.20 Å². The first-order valence-corrected chi connectivity index (χ1v) is 13.4. The Hall–Kier alpha value is -3.52. The molecule has 0 bridgehead atoms. The van der Waals surface area contributed by atoms with Crippen molar-refractivity contribution >= 4 is 17.3 Å². The highest BCUT2D eigenvalue weighted by Gasteiger charge is 2.36. The van der Waals surface area contributed by atoms with Crippen LogP contribution in [-0.2, 0) is 23.2 Å². The molecule has 198 valence electrons. The van der Waals surface area contributed by atoms with Gasteiger partial charge in [0, 0.05) is 49.9 Å². The van der Waals surface area contributed by atoms with E-state index in [9.17, 15) is 10.4 Å². The molecule has 6 rings (SSSR count). The van der Waals surface area contributed by atoms with E-state index in [0.29, 0.717) is 23.8 Å². The van der Waals surface area contributed by atoms with E-state index >= 15 is 0 Å². The van der Waals surface area contributed by atoms with Crippen LogP contribution in [0.1, 0.15) is 43.0 Å². The smallest absolute Gasteiger partial charge is 0.227 e. The molecule has 0 spiro atoms. The SMILES string of the molecule is C[C@@]1(CO)CNc2c(C#N)cc(-c3ccnc(Nc4cnn(CCC5CC5)c4CN4CCOCC4)n3)cc21. The lowest BCUT2D eigenvalue weighted by Crippen LogP contribution is -2.36. The molecule has 1 saturated heterocycles. The van der Waals surface area contributed by atoms with Crippen molar-refractivity contribution in [3.05, 3.63) is 47.4 Å². The number of aliphatic hydroxyl groups excluding tert-OH is 1. The number of ether oxygens (including phenoxy) is 1. The first-order chi connectivity index (χ1) is 18.6. The molecule has 4 heterocycles. The van der Waals surface area contributed by atoms with Crippen molar-refractivity contribution in [2.45, 2.75) is 44.7 Å². The third-order valence-corrected chi connectivity index (χ3v) is 7.98. The summed E-state index contributed by atoms with van der Waals surface area (Å²) in [7, 11) is 0. The van der Waals surface area contributed by atoms with Gasteiger partial charge in [-0.15, -0.1) is 0 Å². The Balaban J connectivity index is 1.29. The molecule has 3 aliphatic rings. The van der Waals surface area contributed by atoms with Gasteiger partial charge in [-0.1, -0.05) is 19.8 Å². The molecule has 0 amide bonds. The second-order valence-corrected chi connectivity index (χ2v) is 10.9. The number of morpholine rings is 1. The molecule has 1 aliphatic carbocycles. The molecule has 1 aromatic carbocycles. The monoisotopic (exact) mass is 514 g/mol. The van der Waals surface area contributed by atoms with Gasteiger partial charge in [-0.05, 0) is 36.1 Å². The maximum absolute atomic E-state index is 10.0. The van der Waals surface area contributed by atoms with Gasteiger partial charge < -0.3 is 20.5 Å². The molecule has 1 atom stereocenters. The second kappa shape index (κ2) is 10.3. The second-order valence-electron chi connectivity index (χ2n) is 10.9. The normalized spacial score (nSPS) is 21.1. The van der Waals surface area contributed by atoms with E-state index in [-0.39, 0.29) is 6.61 Å². The Morgan fingerprint density at radius 3 is 2.89 bits per heavy atom. The molecule has 3 N–H and O–H groups in total. The molecule has 0 radical (unpaired) electrons. The molecule has 10 heteroatoms. The fourth-order valence-electron chi connectivity index (χ4n) is 5.32. The zero-order valence-corrected chi connectivity index (χ0v) is 21.8. The lowest BCUT2D eigenvalue weighted by atomic mass is 9.83. The zero-order valence-electron chi connectivity index (χ0n) is 21.8. The summed E-state index contributed by atoms with van der Waals surface area (Å²) in [4.78, 5) is 11.7. The number of aryl methyl sites for hydroxylation is 1. The van der Waals surface area contributed by atoms with Crippen molar-refractivity contribution in [2.24, 2.45) is 5.92 Å². The third-order valence-electron chi connectivity index (χ3n) is 7.98. The summed E-state index contributed by atoms with van der Waals surface area (Å²) in [5.74, 6) is 1.31. The average molecular weight is 515 g/mol. The summed E-state index contributed by atoms with van der Waals surface area (Å²) >= 11 is 0. The topological polar surface area (TPSA) is 124 Å². The van der Waals surface area contributed by atoms with E-state index in [0.717, 1.165) is 79.9 Å². The fourth-order valence-corrected chi connectivity index (χ4v) is 5.32. The number of aliphatic hydroxyl groups is 1. The highest BCUT2D eigenvalue weighted by molar-refractivity contribution is 5.76. The van der Waals surface area contributed by atoms with Gasteiger partial charge in [0.1, 0.15) is 6.07 Å². The van der Waals surface area contributed by atoms with Crippen LogP contribution in [-0.4, -0.2) is 69.2 Å². The Labute approximate surface area is 222 Å².